The molecular formula is C34H34F2N6O6. The number of nitrogens with zero attached hydrogens (tertiary/aromatic N) is 5. The first-order chi connectivity index (χ1) is 22.8. The number of anilines is 1. The minimum Gasteiger partial charge on any atom is -0.459 e. The lowest BCUT2D eigenvalue weighted by molar-refractivity contribution is -0.156. The number of ether oxygens (including phenoxy) is 2. The van der Waals surface area contributed by atoms with Crippen LogP contribution in [0.5, 0.6) is 11.6 Å². The lowest BCUT2D eigenvalue weighted by Gasteiger charge is -2.29. The van der Waals surface area contributed by atoms with Gasteiger partial charge in [0.15, 0.2) is 11.6 Å². The first-order valence-corrected chi connectivity index (χ1v) is 15.5. The minimum absolute atomic E-state index is 0.0417. The van der Waals surface area contributed by atoms with Crippen molar-refractivity contribution in [2.75, 3.05) is 18.4 Å². The Hall–Kier alpha value is -5.24. The third-order valence-electron chi connectivity index (χ3n) is 7.85. The van der Waals surface area contributed by atoms with Gasteiger partial charge in [-0.15, -0.1) is 0 Å². The van der Waals surface area contributed by atoms with Crippen LogP contribution in [0.3, 0.4) is 0 Å². The number of fused-ring (bicyclic) bond motifs is 1. The van der Waals surface area contributed by atoms with Gasteiger partial charge in [0.1, 0.15) is 23.3 Å². The fourth-order valence-electron chi connectivity index (χ4n) is 5.41. The number of esters is 1. The Morgan fingerprint density at radius 2 is 1.79 bits per heavy atom. The van der Waals surface area contributed by atoms with Crippen LogP contribution in [0.4, 0.5) is 14.5 Å². The van der Waals surface area contributed by atoms with Crippen molar-refractivity contribution < 1.29 is 27.8 Å². The van der Waals surface area contributed by atoms with E-state index in [1.165, 1.54) is 41.4 Å². The lowest BCUT2D eigenvalue weighted by atomic mass is 10.1. The second-order valence-electron chi connectivity index (χ2n) is 12.9. The van der Waals surface area contributed by atoms with Crippen molar-refractivity contribution in [2.45, 2.75) is 58.7 Å². The summed E-state index contributed by atoms with van der Waals surface area (Å²) in [6, 6.07) is 8.57. The summed E-state index contributed by atoms with van der Waals surface area (Å²) in [6.45, 7) is 6.70. The van der Waals surface area contributed by atoms with Crippen molar-refractivity contribution in [1.29, 1.82) is 0 Å². The highest BCUT2D eigenvalue weighted by Crippen LogP contribution is 2.32. The Labute approximate surface area is 274 Å². The van der Waals surface area contributed by atoms with Gasteiger partial charge < -0.3 is 14.8 Å². The van der Waals surface area contributed by atoms with Gasteiger partial charge in [0.05, 0.1) is 17.9 Å². The van der Waals surface area contributed by atoms with E-state index in [0.717, 1.165) is 35.6 Å². The molecule has 14 heteroatoms. The zero-order valence-corrected chi connectivity index (χ0v) is 26.7. The van der Waals surface area contributed by atoms with Gasteiger partial charge >= 0.3 is 11.7 Å². The molecule has 0 spiro atoms. The summed E-state index contributed by atoms with van der Waals surface area (Å²) in [7, 11) is 0. The molecule has 1 aliphatic heterocycles. The predicted molar refractivity (Wildman–Crippen MR) is 170 cm³/mol. The highest BCUT2D eigenvalue weighted by atomic mass is 19.1. The molecule has 6 rings (SSSR count). The molecule has 2 aromatic heterocycles. The number of benzene rings is 2. The van der Waals surface area contributed by atoms with E-state index >= 15 is 4.39 Å². The van der Waals surface area contributed by atoms with E-state index in [4.69, 9.17) is 9.47 Å². The molecule has 1 N–H and O–H groups in total. The van der Waals surface area contributed by atoms with E-state index in [1.807, 2.05) is 4.90 Å². The van der Waals surface area contributed by atoms with Crippen LogP contribution in [-0.4, -0.2) is 54.6 Å². The molecule has 0 saturated heterocycles. The van der Waals surface area contributed by atoms with Crippen LogP contribution in [0.15, 0.2) is 64.6 Å². The van der Waals surface area contributed by atoms with Gasteiger partial charge in [-0.1, -0.05) is 0 Å². The number of nitrogens with one attached hydrogen (secondary N) is 1. The van der Waals surface area contributed by atoms with Gasteiger partial charge in [-0.05, 0) is 82.3 Å². The topological polar surface area (TPSA) is 138 Å². The summed E-state index contributed by atoms with van der Waals surface area (Å²) in [6.07, 6.45) is 4.81. The van der Waals surface area contributed by atoms with Crippen molar-refractivity contribution in [2.24, 2.45) is 5.92 Å². The second kappa shape index (κ2) is 13.1. The van der Waals surface area contributed by atoms with E-state index in [-0.39, 0.29) is 47.0 Å². The summed E-state index contributed by atoms with van der Waals surface area (Å²) >= 11 is 0. The summed E-state index contributed by atoms with van der Waals surface area (Å²) < 4.78 is 42.2. The van der Waals surface area contributed by atoms with Crippen molar-refractivity contribution in [3.8, 4) is 17.3 Å². The number of carbonyl (C=O) groups excluding carboxylic acids is 2. The fourth-order valence-corrected chi connectivity index (χ4v) is 5.41. The molecule has 250 valence electrons. The van der Waals surface area contributed by atoms with Crippen LogP contribution in [-0.2, 0) is 29.0 Å². The molecule has 1 saturated carbocycles. The zero-order chi connectivity index (χ0) is 34.2. The lowest BCUT2D eigenvalue weighted by Crippen LogP contribution is -2.42. The molecule has 1 aliphatic carbocycles. The van der Waals surface area contributed by atoms with Crippen LogP contribution in [0.2, 0.25) is 0 Å². The van der Waals surface area contributed by atoms with Crippen molar-refractivity contribution >= 4 is 17.6 Å². The fraction of sp³-hybridized carbons (Fsp3) is 0.353. The first-order valence-electron chi connectivity index (χ1n) is 15.5. The van der Waals surface area contributed by atoms with Gasteiger partial charge in [-0.2, -0.15) is 0 Å². The van der Waals surface area contributed by atoms with E-state index < -0.39 is 34.4 Å². The largest absolute Gasteiger partial charge is 0.459 e. The maximum Gasteiger partial charge on any atom is 0.335 e. The molecule has 1 fully saturated rings. The normalized spacial score (nSPS) is 14.7. The van der Waals surface area contributed by atoms with Crippen molar-refractivity contribution in [3.63, 3.8) is 0 Å². The molecule has 0 radical (unpaired) electrons. The summed E-state index contributed by atoms with van der Waals surface area (Å²) in [5, 5.41) is 2.53. The molecule has 12 nitrogen and oxygen atoms in total. The molecular weight excluding hydrogens is 626 g/mol. The van der Waals surface area contributed by atoms with Gasteiger partial charge in [0.2, 0.25) is 5.88 Å². The number of amides is 1. The number of hydrogen-bond acceptors (Lipinski definition) is 9. The number of rotatable bonds is 9. The molecule has 0 atom stereocenters. The maximum atomic E-state index is 15.3. The average Bonchev–Trinajstić information content (AvgIpc) is 3.84. The zero-order valence-electron chi connectivity index (χ0n) is 26.7. The highest BCUT2D eigenvalue weighted by Gasteiger charge is 2.27. The predicted octanol–water partition coefficient (Wildman–Crippen LogP) is 4.22. The third-order valence-corrected chi connectivity index (χ3v) is 7.85. The molecule has 0 bridgehead atoms. The number of hydrogen-bond donors (Lipinski definition) is 1. The summed E-state index contributed by atoms with van der Waals surface area (Å²) in [5.41, 5.74) is -0.985. The molecule has 3 heterocycles. The number of carbonyl (C=O) groups is 2. The smallest absolute Gasteiger partial charge is 0.335 e. The van der Waals surface area contributed by atoms with Crippen LogP contribution >= 0.6 is 0 Å². The summed E-state index contributed by atoms with van der Waals surface area (Å²) in [4.78, 5) is 62.7. The van der Waals surface area contributed by atoms with Crippen molar-refractivity contribution in [3.05, 3.63) is 104 Å². The molecule has 1 amide bonds. The van der Waals surface area contributed by atoms with Gasteiger partial charge in [-0.25, -0.2) is 28.1 Å². The Balaban J connectivity index is 1.19. The van der Waals surface area contributed by atoms with E-state index in [9.17, 15) is 23.6 Å². The molecule has 4 aromatic rings. The van der Waals surface area contributed by atoms with Crippen LogP contribution in [0.25, 0.3) is 5.69 Å². The Morgan fingerprint density at radius 3 is 2.48 bits per heavy atom. The van der Waals surface area contributed by atoms with E-state index in [2.05, 4.69) is 15.3 Å². The molecule has 0 unspecified atom stereocenters. The van der Waals surface area contributed by atoms with E-state index in [0.29, 0.717) is 37.3 Å². The Bertz CT molecular complexity index is 2000. The third kappa shape index (κ3) is 7.49. The SMILES string of the molecule is CC(C)(C)OC(=O)CN1CCc2c(ncnc2Oc2ccc(NC(=O)c3cn(CC4CC4)c(=O)n(-c4ccc(F)cc4)c3=O)cc2F)C1. The van der Waals surface area contributed by atoms with Crippen LogP contribution in [0.1, 0.15) is 55.2 Å². The minimum atomic E-state index is -0.894. The van der Waals surface area contributed by atoms with Gasteiger partial charge in [-0.3, -0.25) is 23.9 Å². The first kappa shape index (κ1) is 32.7. The quantitative estimate of drug-likeness (QED) is 0.262. The van der Waals surface area contributed by atoms with Crippen LogP contribution in [0, 0.1) is 17.6 Å². The molecule has 2 aliphatic rings. The van der Waals surface area contributed by atoms with Gasteiger partial charge in [0.25, 0.3) is 11.5 Å². The standard InChI is InChI=1S/C34H34F2N6O6/c1-34(2,3)48-29(43)18-40-13-12-24-27(17-40)37-19-38-31(24)47-28-11-8-22(14-26(28)36)39-30(44)25-16-41(15-20-4-5-20)33(46)42(32(25)45)23-9-6-21(35)7-10-23/h6-11,14,16,19-20H,4-5,12-13,15,17-18H2,1-3H3,(H,39,44). The second-order valence-corrected chi connectivity index (χ2v) is 12.9. The van der Waals surface area contributed by atoms with Gasteiger partial charge in [0, 0.05) is 43.1 Å². The Morgan fingerprint density at radius 1 is 1.04 bits per heavy atom. The summed E-state index contributed by atoms with van der Waals surface area (Å²) in [5.74, 6) is -2.27. The van der Waals surface area contributed by atoms with Crippen molar-refractivity contribution in [1.82, 2.24) is 24.0 Å². The number of halogens is 2. The average molecular weight is 661 g/mol. The molecule has 2 aromatic carbocycles. The number of aromatic nitrogens is 4. The monoisotopic (exact) mass is 660 g/mol. The maximum absolute atomic E-state index is 15.3. The molecule has 48 heavy (non-hydrogen) atoms. The Kier molecular flexibility index (Phi) is 8.93. The highest BCUT2D eigenvalue weighted by molar-refractivity contribution is 6.03. The van der Waals surface area contributed by atoms with Crippen LogP contribution < -0.4 is 21.3 Å². The van der Waals surface area contributed by atoms with E-state index in [1.54, 1.807) is 20.8 Å².